The molecule has 0 fully saturated rings. The summed E-state index contributed by atoms with van der Waals surface area (Å²) in [6.45, 7) is -0.918. The molecule has 0 aliphatic rings. The molecule has 0 aromatic heterocycles. The van der Waals surface area contributed by atoms with Crippen molar-refractivity contribution in [3.8, 4) is 6.07 Å². The van der Waals surface area contributed by atoms with E-state index < -0.39 is 24.4 Å². The van der Waals surface area contributed by atoms with Gasteiger partial charge in [-0.25, -0.2) is 0 Å². The van der Waals surface area contributed by atoms with Crippen LogP contribution in [0.5, 0.6) is 0 Å². The second-order valence-electron chi connectivity index (χ2n) is 5.06. The normalized spacial score (nSPS) is 9.69. The molecule has 0 unspecified atom stereocenters. The van der Waals surface area contributed by atoms with Crippen LogP contribution in [0.1, 0.15) is 15.9 Å². The average Bonchev–Trinajstić information content (AvgIpc) is 2.65. The van der Waals surface area contributed by atoms with Crippen LogP contribution < -0.4 is 10.6 Å². The number of amides is 2. The van der Waals surface area contributed by atoms with E-state index in [0.717, 1.165) is 0 Å². The lowest BCUT2D eigenvalue weighted by molar-refractivity contribution is -0.146. The molecule has 26 heavy (non-hydrogen) atoms. The Kier molecular flexibility index (Phi) is 6.71. The van der Waals surface area contributed by atoms with Gasteiger partial charge in [0, 0.05) is 10.6 Å². The molecule has 0 radical (unpaired) electrons. The predicted octanol–water partition coefficient (Wildman–Crippen LogP) is 2.12. The van der Waals surface area contributed by atoms with Crippen molar-refractivity contribution in [1.29, 1.82) is 5.26 Å². The number of hydrogen-bond acceptors (Lipinski definition) is 5. The Bertz CT molecular complexity index is 859. The fourth-order valence-electron chi connectivity index (χ4n) is 1.93. The van der Waals surface area contributed by atoms with Gasteiger partial charge in [-0.3, -0.25) is 14.4 Å². The van der Waals surface area contributed by atoms with Gasteiger partial charge in [0.2, 0.25) is 0 Å². The van der Waals surface area contributed by atoms with Gasteiger partial charge in [-0.1, -0.05) is 23.7 Å². The molecule has 0 saturated carbocycles. The van der Waals surface area contributed by atoms with E-state index in [1.165, 1.54) is 12.1 Å². The molecule has 2 N–H and O–H groups in total. The van der Waals surface area contributed by atoms with Crippen LogP contribution in [0.3, 0.4) is 0 Å². The number of nitrogens with one attached hydrogen (secondary N) is 2. The van der Waals surface area contributed by atoms with Crippen molar-refractivity contribution in [2.24, 2.45) is 0 Å². The van der Waals surface area contributed by atoms with Crippen molar-refractivity contribution < 1.29 is 19.1 Å². The van der Waals surface area contributed by atoms with Gasteiger partial charge in [0.05, 0.1) is 11.3 Å². The molecule has 7 nitrogen and oxygen atoms in total. The van der Waals surface area contributed by atoms with Crippen LogP contribution in [-0.4, -0.2) is 30.9 Å². The highest BCUT2D eigenvalue weighted by Gasteiger charge is 2.12. The van der Waals surface area contributed by atoms with Crippen LogP contribution in [0.25, 0.3) is 0 Å². The molecule has 2 amide bonds. The fraction of sp³-hybridized carbons (Fsp3) is 0.111. The van der Waals surface area contributed by atoms with Crippen molar-refractivity contribution in [2.75, 3.05) is 18.5 Å². The van der Waals surface area contributed by atoms with Crippen LogP contribution in [-0.2, 0) is 14.3 Å². The third-order valence-corrected chi connectivity index (χ3v) is 3.44. The van der Waals surface area contributed by atoms with Gasteiger partial charge >= 0.3 is 5.97 Å². The molecule has 0 heterocycles. The van der Waals surface area contributed by atoms with E-state index in [1.54, 1.807) is 36.4 Å². The molecule has 0 spiro atoms. The number of nitrogens with zero attached hydrogens (tertiary/aromatic N) is 1. The number of nitriles is 1. The van der Waals surface area contributed by atoms with E-state index >= 15 is 0 Å². The number of carbonyl (C=O) groups excluding carboxylic acids is 3. The van der Waals surface area contributed by atoms with Gasteiger partial charge < -0.3 is 15.4 Å². The lowest BCUT2D eigenvalue weighted by Crippen LogP contribution is -2.32. The maximum atomic E-state index is 11.8. The number of halogens is 1. The van der Waals surface area contributed by atoms with E-state index in [0.29, 0.717) is 21.8 Å². The summed E-state index contributed by atoms with van der Waals surface area (Å²) >= 11 is 5.73. The SMILES string of the molecule is N#Cc1ccccc1NC(=O)COC(=O)CNC(=O)c1ccc(Cl)cc1. The van der Waals surface area contributed by atoms with Gasteiger partial charge in [0.25, 0.3) is 11.8 Å². The van der Waals surface area contributed by atoms with Crippen molar-refractivity contribution in [1.82, 2.24) is 5.32 Å². The first-order chi connectivity index (χ1) is 12.5. The summed E-state index contributed by atoms with van der Waals surface area (Å²) in [6, 6.07) is 14.5. The summed E-state index contributed by atoms with van der Waals surface area (Å²) in [5, 5.41) is 14.3. The molecule has 0 atom stereocenters. The Morgan fingerprint density at radius 3 is 2.46 bits per heavy atom. The summed E-state index contributed by atoms with van der Waals surface area (Å²) in [4.78, 5) is 35.2. The first-order valence-electron chi connectivity index (χ1n) is 7.48. The molecule has 2 aromatic carbocycles. The smallest absolute Gasteiger partial charge is 0.325 e. The van der Waals surface area contributed by atoms with Crippen LogP contribution in [0, 0.1) is 11.3 Å². The van der Waals surface area contributed by atoms with Crippen molar-refractivity contribution >= 4 is 35.1 Å². The number of carbonyl (C=O) groups is 3. The zero-order valence-electron chi connectivity index (χ0n) is 13.5. The zero-order valence-corrected chi connectivity index (χ0v) is 14.2. The number of rotatable bonds is 6. The van der Waals surface area contributed by atoms with Gasteiger partial charge in [-0.05, 0) is 36.4 Å². The molecule has 0 aliphatic carbocycles. The summed E-state index contributed by atoms with van der Waals surface area (Å²) in [5.74, 6) is -1.83. The van der Waals surface area contributed by atoms with E-state index in [1.807, 2.05) is 6.07 Å². The highest BCUT2D eigenvalue weighted by Crippen LogP contribution is 2.13. The number of esters is 1. The maximum absolute atomic E-state index is 11.8. The van der Waals surface area contributed by atoms with Crippen LogP contribution in [0.2, 0.25) is 5.02 Å². The van der Waals surface area contributed by atoms with Crippen LogP contribution in [0.4, 0.5) is 5.69 Å². The standard InChI is InChI=1S/C18H14ClN3O4/c19-14-7-5-12(6-8-14)18(25)21-10-17(24)26-11-16(23)22-15-4-2-1-3-13(15)9-20/h1-8H,10-11H2,(H,21,25)(H,22,23). The second kappa shape index (κ2) is 9.20. The summed E-state index contributed by atoms with van der Waals surface area (Å²) in [7, 11) is 0. The molecule has 0 aliphatic heterocycles. The highest BCUT2D eigenvalue weighted by molar-refractivity contribution is 6.30. The number of ether oxygens (including phenoxy) is 1. The lowest BCUT2D eigenvalue weighted by atomic mass is 10.2. The fourth-order valence-corrected chi connectivity index (χ4v) is 2.05. The Balaban J connectivity index is 1.76. The average molecular weight is 372 g/mol. The minimum atomic E-state index is -0.768. The lowest BCUT2D eigenvalue weighted by Gasteiger charge is -2.08. The molecule has 2 aromatic rings. The minimum Gasteiger partial charge on any atom is -0.454 e. The predicted molar refractivity (Wildman–Crippen MR) is 94.5 cm³/mol. The second-order valence-corrected chi connectivity index (χ2v) is 5.49. The van der Waals surface area contributed by atoms with Gasteiger partial charge in [-0.15, -0.1) is 0 Å². The molecule has 2 rings (SSSR count). The number of hydrogen-bond donors (Lipinski definition) is 2. The van der Waals surface area contributed by atoms with E-state index in [4.69, 9.17) is 21.6 Å². The van der Waals surface area contributed by atoms with Gasteiger partial charge in [0.15, 0.2) is 6.61 Å². The van der Waals surface area contributed by atoms with Crippen molar-refractivity contribution in [3.63, 3.8) is 0 Å². The summed E-state index contributed by atoms with van der Waals surface area (Å²) in [6.07, 6.45) is 0. The Morgan fingerprint density at radius 1 is 1.08 bits per heavy atom. The quantitative estimate of drug-likeness (QED) is 0.756. The molecule has 8 heteroatoms. The first-order valence-corrected chi connectivity index (χ1v) is 7.86. The summed E-state index contributed by atoms with van der Waals surface area (Å²) in [5.41, 5.74) is 0.961. The third kappa shape index (κ3) is 5.61. The highest BCUT2D eigenvalue weighted by atomic mass is 35.5. The van der Waals surface area contributed by atoms with E-state index in [2.05, 4.69) is 10.6 Å². The van der Waals surface area contributed by atoms with Crippen molar-refractivity contribution in [2.45, 2.75) is 0 Å². The van der Waals surface area contributed by atoms with E-state index in [-0.39, 0.29) is 6.54 Å². The topological polar surface area (TPSA) is 108 Å². The number of anilines is 1. The van der Waals surface area contributed by atoms with Crippen molar-refractivity contribution in [3.05, 3.63) is 64.7 Å². The molecular weight excluding hydrogens is 358 g/mol. The minimum absolute atomic E-state index is 0.294. The zero-order chi connectivity index (χ0) is 18.9. The summed E-state index contributed by atoms with van der Waals surface area (Å²) < 4.78 is 4.79. The largest absolute Gasteiger partial charge is 0.454 e. The first kappa shape index (κ1) is 19.0. The number of benzene rings is 2. The maximum Gasteiger partial charge on any atom is 0.325 e. The molecular formula is C18H14ClN3O4. The molecule has 0 bridgehead atoms. The van der Waals surface area contributed by atoms with E-state index in [9.17, 15) is 14.4 Å². The van der Waals surface area contributed by atoms with Crippen LogP contribution in [0.15, 0.2) is 48.5 Å². The Hall–Kier alpha value is -3.37. The van der Waals surface area contributed by atoms with Gasteiger partial charge in [0.1, 0.15) is 12.6 Å². The monoisotopic (exact) mass is 371 g/mol. The molecule has 132 valence electrons. The molecule has 0 saturated heterocycles. The Labute approximate surface area is 154 Å². The van der Waals surface area contributed by atoms with Gasteiger partial charge in [-0.2, -0.15) is 5.26 Å². The Morgan fingerprint density at radius 2 is 1.77 bits per heavy atom. The van der Waals surface area contributed by atoms with Crippen LogP contribution >= 0.6 is 11.6 Å². The number of para-hydroxylation sites is 1. The third-order valence-electron chi connectivity index (χ3n) is 3.19.